The Balaban J connectivity index is 2.40. The van der Waals surface area contributed by atoms with Gasteiger partial charge in [0.25, 0.3) is 5.91 Å². The van der Waals surface area contributed by atoms with Gasteiger partial charge in [-0.2, -0.15) is 13.2 Å². The van der Waals surface area contributed by atoms with Gasteiger partial charge in [0.1, 0.15) is 6.54 Å². The van der Waals surface area contributed by atoms with Crippen molar-refractivity contribution in [2.75, 3.05) is 13.1 Å². The first-order valence-corrected chi connectivity index (χ1v) is 5.46. The molecule has 1 rings (SSSR count). The number of hydrogen-bond donors (Lipinski definition) is 2. The van der Waals surface area contributed by atoms with Crippen LogP contribution in [0.2, 0.25) is 0 Å². The van der Waals surface area contributed by atoms with Crippen LogP contribution >= 0.6 is 0 Å². The highest BCUT2D eigenvalue weighted by Crippen LogP contribution is 2.11. The summed E-state index contributed by atoms with van der Waals surface area (Å²) in [5.74, 6) is -1.40. The number of hydrogen-bond acceptors (Lipinski definition) is 2. The molecule has 0 bridgehead atoms. The second kappa shape index (κ2) is 6.21. The third-order valence-electron chi connectivity index (χ3n) is 2.18. The Hall–Kier alpha value is -2.05. The van der Waals surface area contributed by atoms with Gasteiger partial charge in [-0.15, -0.1) is 0 Å². The molecule has 0 aliphatic rings. The van der Waals surface area contributed by atoms with E-state index in [4.69, 9.17) is 0 Å². The number of nitrogens with one attached hydrogen (secondary N) is 2. The second-order valence-electron chi connectivity index (χ2n) is 3.94. The van der Waals surface area contributed by atoms with E-state index in [1.807, 2.05) is 0 Å². The molecule has 0 aliphatic heterocycles. The van der Waals surface area contributed by atoms with Crippen LogP contribution in [0.1, 0.15) is 15.9 Å². The van der Waals surface area contributed by atoms with Crippen LogP contribution < -0.4 is 10.6 Å². The van der Waals surface area contributed by atoms with E-state index in [2.05, 4.69) is 5.32 Å². The van der Waals surface area contributed by atoms with Crippen LogP contribution in [0.15, 0.2) is 24.3 Å². The molecule has 2 amide bonds. The number of carbonyl (C=O) groups excluding carboxylic acids is 2. The number of halogens is 3. The van der Waals surface area contributed by atoms with E-state index in [1.165, 1.54) is 0 Å². The van der Waals surface area contributed by atoms with Crippen LogP contribution in [0.25, 0.3) is 0 Å². The smallest absolute Gasteiger partial charge is 0.345 e. The Bertz CT molecular complexity index is 472. The van der Waals surface area contributed by atoms with Gasteiger partial charge in [-0.1, -0.05) is 17.7 Å². The summed E-state index contributed by atoms with van der Waals surface area (Å²) in [6.45, 7) is -0.109. The Labute approximate surface area is 108 Å². The number of alkyl halides is 3. The van der Waals surface area contributed by atoms with E-state index in [1.54, 1.807) is 36.5 Å². The van der Waals surface area contributed by atoms with Crippen LogP contribution in [0, 0.1) is 6.92 Å². The Morgan fingerprint density at radius 1 is 1.21 bits per heavy atom. The molecule has 104 valence electrons. The van der Waals surface area contributed by atoms with Gasteiger partial charge in [0.2, 0.25) is 5.91 Å². The summed E-state index contributed by atoms with van der Waals surface area (Å²) in [6, 6.07) is 6.64. The molecule has 4 nitrogen and oxygen atoms in total. The molecule has 7 heteroatoms. The normalized spacial score (nSPS) is 10.9. The van der Waals surface area contributed by atoms with Gasteiger partial charge in [0.05, 0.1) is 6.54 Å². The summed E-state index contributed by atoms with van der Waals surface area (Å²) in [4.78, 5) is 22.7. The van der Waals surface area contributed by atoms with E-state index in [9.17, 15) is 22.8 Å². The van der Waals surface area contributed by atoms with Crippen molar-refractivity contribution in [1.82, 2.24) is 10.6 Å². The molecule has 0 unspecified atom stereocenters. The van der Waals surface area contributed by atoms with Crippen LogP contribution in [0.3, 0.4) is 0 Å². The summed E-state index contributed by atoms with van der Waals surface area (Å²) in [6.07, 6.45) is -4.46. The monoisotopic (exact) mass is 274 g/mol. The number of rotatable bonds is 4. The minimum absolute atomic E-state index is 0.351. The van der Waals surface area contributed by atoms with Crippen molar-refractivity contribution in [3.8, 4) is 0 Å². The number of aryl methyl sites for hydroxylation is 1. The summed E-state index contributed by atoms with van der Waals surface area (Å²) < 4.78 is 35.5. The third kappa shape index (κ3) is 5.89. The molecule has 0 radical (unpaired) electrons. The van der Waals surface area contributed by atoms with E-state index in [0.29, 0.717) is 5.56 Å². The third-order valence-corrected chi connectivity index (χ3v) is 2.18. The molecule has 0 spiro atoms. The highest BCUT2D eigenvalue weighted by Gasteiger charge is 2.27. The molecule has 2 N–H and O–H groups in total. The summed E-state index contributed by atoms with van der Waals surface area (Å²) in [5, 5.41) is 3.91. The quantitative estimate of drug-likeness (QED) is 0.872. The van der Waals surface area contributed by atoms with Crippen LogP contribution in [-0.2, 0) is 4.79 Å². The summed E-state index contributed by atoms with van der Waals surface area (Å²) >= 11 is 0. The van der Waals surface area contributed by atoms with Gasteiger partial charge in [0.15, 0.2) is 0 Å². The lowest BCUT2D eigenvalue weighted by Crippen LogP contribution is -2.40. The molecular formula is C12H13F3N2O2. The first-order valence-electron chi connectivity index (χ1n) is 5.46. The molecule has 0 aromatic heterocycles. The van der Waals surface area contributed by atoms with E-state index in [-0.39, 0.29) is 0 Å². The molecule has 1 aromatic rings. The zero-order chi connectivity index (χ0) is 14.5. The molecule has 0 heterocycles. The van der Waals surface area contributed by atoms with E-state index in [0.717, 1.165) is 5.56 Å². The maximum atomic E-state index is 11.8. The van der Waals surface area contributed by atoms with Crippen molar-refractivity contribution in [2.24, 2.45) is 0 Å². The predicted octanol–water partition coefficient (Wildman–Crippen LogP) is 1.40. The van der Waals surface area contributed by atoms with Gasteiger partial charge in [-0.05, 0) is 19.1 Å². The number of benzene rings is 1. The van der Waals surface area contributed by atoms with Crippen molar-refractivity contribution >= 4 is 11.8 Å². The lowest BCUT2D eigenvalue weighted by molar-refractivity contribution is -0.137. The van der Waals surface area contributed by atoms with Crippen LogP contribution in [-0.4, -0.2) is 31.1 Å². The zero-order valence-corrected chi connectivity index (χ0v) is 10.2. The van der Waals surface area contributed by atoms with Crippen molar-refractivity contribution in [1.29, 1.82) is 0 Å². The predicted molar refractivity (Wildman–Crippen MR) is 62.6 cm³/mol. The average molecular weight is 274 g/mol. The first-order chi connectivity index (χ1) is 8.78. The SMILES string of the molecule is Cc1cccc(C(=O)NCC(=O)NCC(F)(F)F)c1. The second-order valence-corrected chi connectivity index (χ2v) is 3.94. The summed E-state index contributed by atoms with van der Waals surface area (Å²) in [7, 11) is 0. The van der Waals surface area contributed by atoms with Crippen molar-refractivity contribution in [3.63, 3.8) is 0 Å². The van der Waals surface area contributed by atoms with Gasteiger partial charge in [-0.3, -0.25) is 9.59 Å². The van der Waals surface area contributed by atoms with Gasteiger partial charge < -0.3 is 10.6 Å². The van der Waals surface area contributed by atoms with Gasteiger partial charge in [0, 0.05) is 5.56 Å². The van der Waals surface area contributed by atoms with Crippen molar-refractivity contribution in [2.45, 2.75) is 13.1 Å². The highest BCUT2D eigenvalue weighted by molar-refractivity contribution is 5.96. The van der Waals surface area contributed by atoms with E-state index < -0.39 is 31.1 Å². The molecule has 0 aliphatic carbocycles. The minimum Gasteiger partial charge on any atom is -0.345 e. The zero-order valence-electron chi connectivity index (χ0n) is 10.2. The maximum absolute atomic E-state index is 11.8. The maximum Gasteiger partial charge on any atom is 0.405 e. The fourth-order valence-corrected chi connectivity index (χ4v) is 1.31. The standard InChI is InChI=1S/C12H13F3N2O2/c1-8-3-2-4-9(5-8)11(19)16-6-10(18)17-7-12(13,14)15/h2-5H,6-7H2,1H3,(H,16,19)(H,17,18). The van der Waals surface area contributed by atoms with Crippen LogP contribution in [0.5, 0.6) is 0 Å². The highest BCUT2D eigenvalue weighted by atomic mass is 19.4. The summed E-state index contributed by atoms with van der Waals surface area (Å²) in [5.41, 5.74) is 1.22. The lowest BCUT2D eigenvalue weighted by atomic mass is 10.1. The number of amides is 2. The minimum atomic E-state index is -4.46. The molecule has 0 saturated carbocycles. The molecule has 1 aromatic carbocycles. The molecule has 19 heavy (non-hydrogen) atoms. The topological polar surface area (TPSA) is 58.2 Å². The average Bonchev–Trinajstić information content (AvgIpc) is 2.32. The molecular weight excluding hydrogens is 261 g/mol. The fraction of sp³-hybridized carbons (Fsp3) is 0.333. The lowest BCUT2D eigenvalue weighted by Gasteiger charge is -2.09. The van der Waals surface area contributed by atoms with E-state index >= 15 is 0 Å². The van der Waals surface area contributed by atoms with Crippen molar-refractivity contribution in [3.05, 3.63) is 35.4 Å². The van der Waals surface area contributed by atoms with Gasteiger partial charge in [-0.25, -0.2) is 0 Å². The Morgan fingerprint density at radius 3 is 2.47 bits per heavy atom. The molecule has 0 saturated heterocycles. The Morgan fingerprint density at radius 2 is 1.89 bits per heavy atom. The first kappa shape index (κ1) is 15.0. The Kier molecular flexibility index (Phi) is 4.91. The molecule has 0 fully saturated rings. The fourth-order valence-electron chi connectivity index (χ4n) is 1.31. The van der Waals surface area contributed by atoms with Gasteiger partial charge >= 0.3 is 6.18 Å². The molecule has 0 atom stereocenters. The largest absolute Gasteiger partial charge is 0.405 e. The van der Waals surface area contributed by atoms with Crippen LogP contribution in [0.4, 0.5) is 13.2 Å². The number of carbonyl (C=O) groups is 2. The van der Waals surface area contributed by atoms with Crippen molar-refractivity contribution < 1.29 is 22.8 Å².